The third-order valence-corrected chi connectivity index (χ3v) is 4.83. The van der Waals surface area contributed by atoms with Gasteiger partial charge in [-0.2, -0.15) is 0 Å². The molecule has 0 radical (unpaired) electrons. The van der Waals surface area contributed by atoms with Crippen LogP contribution >= 0.6 is 11.8 Å². The van der Waals surface area contributed by atoms with Crippen molar-refractivity contribution in [2.75, 3.05) is 14.2 Å². The largest absolute Gasteiger partial charge is 0.491 e. The van der Waals surface area contributed by atoms with E-state index in [0.717, 1.165) is 17.0 Å². The van der Waals surface area contributed by atoms with Gasteiger partial charge in [-0.1, -0.05) is 24.4 Å². The number of carbonyl (C=O) groups is 1. The molecule has 0 aliphatic carbocycles. The van der Waals surface area contributed by atoms with Crippen LogP contribution in [0.1, 0.15) is 23.0 Å². The van der Waals surface area contributed by atoms with E-state index >= 15 is 0 Å². The van der Waals surface area contributed by atoms with Crippen molar-refractivity contribution >= 4 is 17.7 Å². The molecule has 3 rings (SSSR count). The smallest absolute Gasteiger partial charge is 0.260 e. The molecule has 1 amide bonds. The van der Waals surface area contributed by atoms with Crippen LogP contribution in [0.25, 0.3) is 11.3 Å². The van der Waals surface area contributed by atoms with Gasteiger partial charge in [-0.15, -0.1) is 0 Å². The van der Waals surface area contributed by atoms with Crippen molar-refractivity contribution in [2.24, 2.45) is 0 Å². The van der Waals surface area contributed by atoms with Crippen LogP contribution in [0.3, 0.4) is 0 Å². The van der Waals surface area contributed by atoms with Gasteiger partial charge in [-0.3, -0.25) is 14.7 Å². The second-order valence-electron chi connectivity index (χ2n) is 5.50. The fourth-order valence-electron chi connectivity index (χ4n) is 2.63. The number of fused-ring (bicyclic) bond motifs is 1. The molecule has 0 spiro atoms. The van der Waals surface area contributed by atoms with E-state index in [1.165, 1.54) is 18.9 Å². The second kappa shape index (κ2) is 7.61. The minimum Gasteiger partial charge on any atom is -0.491 e. The van der Waals surface area contributed by atoms with Crippen molar-refractivity contribution in [3.8, 4) is 22.9 Å². The van der Waals surface area contributed by atoms with Crippen molar-refractivity contribution in [3.05, 3.63) is 58.7 Å². The van der Waals surface area contributed by atoms with Gasteiger partial charge in [0.1, 0.15) is 0 Å². The Hall–Kier alpha value is -2.80. The summed E-state index contributed by atoms with van der Waals surface area (Å²) >= 11 is 1.42. The number of nitrogens with zero attached hydrogens (tertiary/aromatic N) is 3. The molecule has 0 saturated carbocycles. The molecule has 6 nitrogen and oxygen atoms in total. The van der Waals surface area contributed by atoms with E-state index in [1.807, 2.05) is 30.5 Å². The van der Waals surface area contributed by atoms with Crippen molar-refractivity contribution in [2.45, 2.75) is 13.5 Å². The van der Waals surface area contributed by atoms with Gasteiger partial charge in [0.25, 0.3) is 11.8 Å². The van der Waals surface area contributed by atoms with Crippen molar-refractivity contribution < 1.29 is 14.3 Å². The van der Waals surface area contributed by atoms with Crippen LogP contribution in [0.15, 0.2) is 47.5 Å². The Labute approximate surface area is 156 Å². The van der Waals surface area contributed by atoms with E-state index in [2.05, 4.69) is 16.5 Å². The molecular weight excluding hydrogens is 350 g/mol. The van der Waals surface area contributed by atoms with Crippen molar-refractivity contribution in [1.82, 2.24) is 14.9 Å². The summed E-state index contributed by atoms with van der Waals surface area (Å²) in [6, 6.07) is 5.42. The van der Waals surface area contributed by atoms with E-state index in [4.69, 9.17) is 9.47 Å². The Balaban J connectivity index is 1.90. The van der Waals surface area contributed by atoms with Crippen LogP contribution < -0.4 is 9.47 Å². The molecule has 0 saturated heterocycles. The Bertz CT molecular complexity index is 896. The lowest BCUT2D eigenvalue weighted by Gasteiger charge is -2.15. The number of allylic oxidation sites excluding steroid dienone is 1. The first-order valence-corrected chi connectivity index (χ1v) is 8.84. The topological polar surface area (TPSA) is 64.6 Å². The van der Waals surface area contributed by atoms with Crippen LogP contribution in [-0.4, -0.2) is 35.0 Å². The predicted molar refractivity (Wildman–Crippen MR) is 102 cm³/mol. The first-order valence-electron chi connectivity index (χ1n) is 7.96. The van der Waals surface area contributed by atoms with E-state index < -0.39 is 0 Å². The summed E-state index contributed by atoms with van der Waals surface area (Å²) in [4.78, 5) is 23.1. The Morgan fingerprint density at radius 1 is 1.35 bits per heavy atom. The highest BCUT2D eigenvalue weighted by Crippen LogP contribution is 2.33. The summed E-state index contributed by atoms with van der Waals surface area (Å²) in [6.45, 7) is 6.31. The summed E-state index contributed by atoms with van der Waals surface area (Å²) in [6.07, 6.45) is 3.58. The monoisotopic (exact) mass is 369 g/mol. The molecule has 1 aliphatic rings. The summed E-state index contributed by atoms with van der Waals surface area (Å²) in [7, 11) is 3.10. The number of carbonyl (C=O) groups excluding carboxylic acids is 1. The molecule has 134 valence electrons. The molecule has 7 heteroatoms. The maximum Gasteiger partial charge on any atom is 0.260 e. The molecule has 3 heterocycles. The Kier molecular flexibility index (Phi) is 5.27. The van der Waals surface area contributed by atoms with Gasteiger partial charge in [0, 0.05) is 11.8 Å². The average molecular weight is 369 g/mol. The molecule has 0 unspecified atom stereocenters. The minimum absolute atomic E-state index is 0.0773. The minimum atomic E-state index is -0.0773. The molecule has 0 fully saturated rings. The van der Waals surface area contributed by atoms with Crippen molar-refractivity contribution in [1.29, 1.82) is 0 Å². The molecule has 0 atom stereocenters. The SMILES string of the molecule is C=C(S/C=C\C)N1Cc2nc(-c3cnc(OC)c(OC)c3)ccc2C1=O. The number of pyridine rings is 2. The third kappa shape index (κ3) is 3.30. The van der Waals surface area contributed by atoms with Crippen LogP contribution in [-0.2, 0) is 6.54 Å². The molecular formula is C19H19N3O3S. The molecule has 0 N–H and O–H groups in total. The van der Waals surface area contributed by atoms with Crippen LogP contribution in [0, 0.1) is 0 Å². The molecule has 0 bridgehead atoms. The van der Waals surface area contributed by atoms with Gasteiger partial charge in [0.2, 0.25) is 0 Å². The van der Waals surface area contributed by atoms with Gasteiger partial charge in [-0.05, 0) is 30.5 Å². The summed E-state index contributed by atoms with van der Waals surface area (Å²) in [5, 5.41) is 2.58. The molecule has 2 aromatic heterocycles. The lowest BCUT2D eigenvalue weighted by Crippen LogP contribution is -2.20. The lowest BCUT2D eigenvalue weighted by molar-refractivity contribution is 0.0838. The van der Waals surface area contributed by atoms with E-state index in [9.17, 15) is 4.79 Å². The Morgan fingerprint density at radius 2 is 2.15 bits per heavy atom. The van der Waals surface area contributed by atoms with Gasteiger partial charge >= 0.3 is 0 Å². The van der Waals surface area contributed by atoms with Gasteiger partial charge in [0.05, 0.1) is 42.7 Å². The molecule has 2 aromatic rings. The fourth-order valence-corrected chi connectivity index (χ4v) is 3.20. The number of hydrogen-bond donors (Lipinski definition) is 0. The predicted octanol–water partition coefficient (Wildman–Crippen LogP) is 3.85. The second-order valence-corrected chi connectivity index (χ2v) is 6.48. The average Bonchev–Trinajstić information content (AvgIpc) is 3.01. The van der Waals surface area contributed by atoms with Gasteiger partial charge < -0.3 is 9.47 Å². The van der Waals surface area contributed by atoms with Crippen molar-refractivity contribution in [3.63, 3.8) is 0 Å². The first kappa shape index (κ1) is 18.0. The molecule has 0 aromatic carbocycles. The maximum atomic E-state index is 12.6. The summed E-state index contributed by atoms with van der Waals surface area (Å²) in [5.74, 6) is 0.865. The number of thioether (sulfide) groups is 1. The van der Waals surface area contributed by atoms with Gasteiger partial charge in [0.15, 0.2) is 5.75 Å². The Morgan fingerprint density at radius 3 is 2.85 bits per heavy atom. The van der Waals surface area contributed by atoms with E-state index in [0.29, 0.717) is 28.8 Å². The first-order chi connectivity index (χ1) is 12.6. The summed E-state index contributed by atoms with van der Waals surface area (Å²) < 4.78 is 10.5. The fraction of sp³-hybridized carbons (Fsp3) is 0.211. The number of aromatic nitrogens is 2. The quantitative estimate of drug-likeness (QED) is 0.770. The van der Waals surface area contributed by atoms with Crippen LogP contribution in [0.5, 0.6) is 11.6 Å². The number of hydrogen-bond acceptors (Lipinski definition) is 6. The standard InChI is InChI=1S/C19H19N3O3S/c1-5-8-26-12(2)22-11-16-14(19(22)23)6-7-15(21-16)13-9-17(24-3)18(25-4)20-10-13/h5-10H,2,11H2,1,3-4H3/b8-5-. The zero-order valence-electron chi connectivity index (χ0n) is 14.9. The third-order valence-electron chi connectivity index (χ3n) is 3.93. The number of amides is 1. The summed E-state index contributed by atoms with van der Waals surface area (Å²) in [5.41, 5.74) is 2.84. The highest BCUT2D eigenvalue weighted by molar-refractivity contribution is 8.05. The molecule has 26 heavy (non-hydrogen) atoms. The van der Waals surface area contributed by atoms with Crippen LogP contribution in [0.4, 0.5) is 0 Å². The van der Waals surface area contributed by atoms with E-state index in [-0.39, 0.29) is 5.91 Å². The zero-order chi connectivity index (χ0) is 18.7. The van der Waals surface area contributed by atoms with E-state index in [1.54, 1.807) is 24.3 Å². The van der Waals surface area contributed by atoms with Gasteiger partial charge in [-0.25, -0.2) is 4.98 Å². The zero-order valence-corrected chi connectivity index (χ0v) is 15.7. The lowest BCUT2D eigenvalue weighted by atomic mass is 10.1. The number of rotatable bonds is 6. The van der Waals surface area contributed by atoms with Crippen LogP contribution in [0.2, 0.25) is 0 Å². The highest BCUT2D eigenvalue weighted by atomic mass is 32.2. The number of ether oxygens (including phenoxy) is 2. The number of methoxy groups -OCH3 is 2. The molecule has 1 aliphatic heterocycles. The maximum absolute atomic E-state index is 12.6. The normalized spacial score (nSPS) is 13.2. The highest BCUT2D eigenvalue weighted by Gasteiger charge is 2.30.